The third-order valence-electron chi connectivity index (χ3n) is 7.81. The molecule has 0 unspecified atom stereocenters. The largest absolute Gasteiger partial charge is 0.479 e. The van der Waals surface area contributed by atoms with Gasteiger partial charge in [-0.25, -0.2) is 4.79 Å². The fourth-order valence-electron chi connectivity index (χ4n) is 5.78. The molecule has 1 aliphatic carbocycles. The normalized spacial score (nSPS) is 31.5. The van der Waals surface area contributed by atoms with Crippen LogP contribution in [0.2, 0.25) is 0 Å². The predicted octanol–water partition coefficient (Wildman–Crippen LogP) is 0.177. The van der Waals surface area contributed by atoms with Crippen LogP contribution in [0.25, 0.3) is 16.5 Å². The average molecular weight is 516 g/mol. The molecule has 11 nitrogen and oxygen atoms in total. The summed E-state index contributed by atoms with van der Waals surface area (Å²) >= 11 is 0. The number of carbonyl (C=O) groups is 2. The fourth-order valence-corrected chi connectivity index (χ4v) is 5.78. The number of nitrogens with one attached hydrogen (secondary N) is 1. The number of benzene rings is 1. The number of ether oxygens (including phenoxy) is 2. The van der Waals surface area contributed by atoms with Crippen LogP contribution in [-0.2, 0) is 20.7 Å². The monoisotopic (exact) mass is 515 g/mol. The lowest BCUT2D eigenvalue weighted by Gasteiger charge is -2.40. The maximum absolute atomic E-state index is 13.2. The van der Waals surface area contributed by atoms with Gasteiger partial charge in [0.15, 0.2) is 6.10 Å². The van der Waals surface area contributed by atoms with E-state index in [0.29, 0.717) is 30.9 Å². The summed E-state index contributed by atoms with van der Waals surface area (Å²) in [6, 6.07) is 3.70. The molecule has 2 aromatic rings. The van der Waals surface area contributed by atoms with Crippen LogP contribution in [0.4, 0.5) is 0 Å². The second-order valence-corrected chi connectivity index (χ2v) is 9.93. The number of hydrogen-bond donors (Lipinski definition) is 5. The molecule has 0 spiro atoms. The van der Waals surface area contributed by atoms with E-state index in [1.807, 2.05) is 38.1 Å². The second kappa shape index (κ2) is 9.73. The Bertz CT molecular complexity index is 1240. The number of amides is 1. The number of carbonyl (C=O) groups excluding carboxylic acids is 1. The van der Waals surface area contributed by atoms with Crippen molar-refractivity contribution >= 4 is 28.4 Å². The number of H-pyrrole nitrogens is 1. The lowest BCUT2D eigenvalue weighted by atomic mass is 9.79. The Labute approximate surface area is 213 Å². The molecule has 3 heterocycles. The zero-order valence-electron chi connectivity index (χ0n) is 21.0. The number of likely N-dealkylation sites (N-methyl/N-ethyl adjacent to an activating group) is 1. The minimum Gasteiger partial charge on any atom is -0.479 e. The first kappa shape index (κ1) is 25.7. The molecule has 0 saturated carbocycles. The van der Waals surface area contributed by atoms with Crippen LogP contribution in [-0.4, -0.2) is 111 Å². The molecule has 5 N–H and O–H groups in total. The van der Waals surface area contributed by atoms with Crippen LogP contribution < -0.4 is 4.74 Å². The maximum atomic E-state index is 13.2. The van der Waals surface area contributed by atoms with Gasteiger partial charge in [-0.1, -0.05) is 12.1 Å². The van der Waals surface area contributed by atoms with E-state index >= 15 is 0 Å². The van der Waals surface area contributed by atoms with Gasteiger partial charge in [0.1, 0.15) is 24.1 Å². The number of carboxylic acid groups (broad SMARTS) is 1. The number of aromatic nitrogens is 1. The van der Waals surface area contributed by atoms with Crippen molar-refractivity contribution in [1.82, 2.24) is 14.8 Å². The number of aliphatic carboxylic acids is 1. The quantitative estimate of drug-likeness (QED) is 0.362. The van der Waals surface area contributed by atoms with Crippen LogP contribution in [0, 0.1) is 5.92 Å². The van der Waals surface area contributed by atoms with Gasteiger partial charge in [-0.2, -0.15) is 0 Å². The lowest BCUT2D eigenvalue weighted by molar-refractivity contribution is -0.270. The Kier molecular flexibility index (Phi) is 6.75. The third kappa shape index (κ3) is 4.20. The van der Waals surface area contributed by atoms with E-state index in [2.05, 4.69) is 16.0 Å². The Hall–Kier alpha value is -2.96. The highest BCUT2D eigenvalue weighted by Gasteiger charge is 2.48. The van der Waals surface area contributed by atoms with E-state index in [-0.39, 0.29) is 17.9 Å². The van der Waals surface area contributed by atoms with Gasteiger partial charge >= 0.3 is 5.97 Å². The molecular formula is C26H33N3O8. The molecule has 3 aliphatic rings. The lowest BCUT2D eigenvalue weighted by Crippen LogP contribution is -2.61. The standard InChI is InChI=1S/C26H33N3O8/c1-4-29(5-2)24(33)13-8-15-14-6-7-17(19-18(14)12(10-27-19)9-16(15)28(3)11-13)36-26-22(32)20(30)21(31)23(37-26)25(34)35/h6-8,10,13,16,20-23,26-27,30-32H,4-5,9,11H2,1-3H3,(H,34,35)/t13-,16-,20+,21+,22-,23+,26-/m1/s1. The van der Waals surface area contributed by atoms with Crippen LogP contribution >= 0.6 is 0 Å². The van der Waals surface area contributed by atoms with E-state index in [0.717, 1.165) is 28.5 Å². The summed E-state index contributed by atoms with van der Waals surface area (Å²) in [5, 5.41) is 40.7. The molecule has 1 amide bonds. The summed E-state index contributed by atoms with van der Waals surface area (Å²) in [5.41, 5.74) is 3.75. The van der Waals surface area contributed by atoms with Gasteiger partial charge in [0.2, 0.25) is 12.2 Å². The first-order valence-corrected chi connectivity index (χ1v) is 12.6. The number of aliphatic hydroxyl groups is 3. The van der Waals surface area contributed by atoms with Crippen molar-refractivity contribution in [3.05, 3.63) is 35.5 Å². The van der Waals surface area contributed by atoms with Crippen molar-refractivity contribution in [2.24, 2.45) is 5.92 Å². The molecule has 1 saturated heterocycles. The average Bonchev–Trinajstić information content (AvgIpc) is 3.31. The van der Waals surface area contributed by atoms with E-state index in [4.69, 9.17) is 9.47 Å². The summed E-state index contributed by atoms with van der Waals surface area (Å²) in [6.07, 6.45) is -3.75. The molecule has 37 heavy (non-hydrogen) atoms. The van der Waals surface area contributed by atoms with Crippen molar-refractivity contribution in [2.75, 3.05) is 26.7 Å². The van der Waals surface area contributed by atoms with Gasteiger partial charge in [-0.15, -0.1) is 0 Å². The van der Waals surface area contributed by atoms with Crippen molar-refractivity contribution in [2.45, 2.75) is 57.0 Å². The number of hydrogen-bond acceptors (Lipinski definition) is 8. The Morgan fingerprint density at radius 1 is 1.16 bits per heavy atom. The van der Waals surface area contributed by atoms with Crippen LogP contribution in [0.5, 0.6) is 5.75 Å². The molecular weight excluding hydrogens is 482 g/mol. The highest BCUT2D eigenvalue weighted by molar-refractivity contribution is 6.01. The number of carboxylic acids is 1. The van der Waals surface area contributed by atoms with Crippen molar-refractivity contribution in [1.29, 1.82) is 0 Å². The topological polar surface area (TPSA) is 156 Å². The highest BCUT2D eigenvalue weighted by atomic mass is 16.7. The summed E-state index contributed by atoms with van der Waals surface area (Å²) in [6.45, 7) is 5.91. The molecule has 200 valence electrons. The number of aromatic amines is 1. The van der Waals surface area contributed by atoms with Gasteiger partial charge in [-0.3, -0.25) is 9.69 Å². The molecule has 7 atom stereocenters. The van der Waals surface area contributed by atoms with E-state index in [1.54, 1.807) is 6.07 Å². The molecule has 1 fully saturated rings. The zero-order chi connectivity index (χ0) is 26.6. The van der Waals surface area contributed by atoms with Gasteiger partial charge in [0, 0.05) is 37.3 Å². The molecule has 1 aromatic carbocycles. The fraction of sp³-hybridized carbons (Fsp3) is 0.538. The van der Waals surface area contributed by atoms with Crippen LogP contribution in [0.15, 0.2) is 24.4 Å². The number of aliphatic hydroxyl groups excluding tert-OH is 3. The maximum Gasteiger partial charge on any atom is 0.335 e. The molecule has 11 heteroatoms. The Morgan fingerprint density at radius 3 is 2.57 bits per heavy atom. The minimum atomic E-state index is -1.79. The first-order chi connectivity index (χ1) is 17.7. The molecule has 0 radical (unpaired) electrons. The number of nitrogens with zero attached hydrogens (tertiary/aromatic N) is 2. The molecule has 1 aromatic heterocycles. The molecule has 5 rings (SSSR count). The second-order valence-electron chi connectivity index (χ2n) is 9.93. The van der Waals surface area contributed by atoms with E-state index < -0.39 is 36.7 Å². The summed E-state index contributed by atoms with van der Waals surface area (Å²) in [7, 11) is 2.03. The van der Waals surface area contributed by atoms with Gasteiger partial charge in [0.05, 0.1) is 11.4 Å². The highest BCUT2D eigenvalue weighted by Crippen LogP contribution is 2.44. The molecule has 2 aliphatic heterocycles. The summed E-state index contributed by atoms with van der Waals surface area (Å²) in [4.78, 5) is 31.9. The molecule has 0 bridgehead atoms. The van der Waals surface area contributed by atoms with Gasteiger partial charge < -0.3 is 39.8 Å². The summed E-state index contributed by atoms with van der Waals surface area (Å²) in [5.74, 6) is -1.32. The first-order valence-electron chi connectivity index (χ1n) is 12.6. The Morgan fingerprint density at radius 2 is 1.89 bits per heavy atom. The minimum absolute atomic E-state index is 0.107. The van der Waals surface area contributed by atoms with Crippen molar-refractivity contribution in [3.63, 3.8) is 0 Å². The van der Waals surface area contributed by atoms with Crippen LogP contribution in [0.1, 0.15) is 25.0 Å². The van der Waals surface area contributed by atoms with E-state index in [9.17, 15) is 30.0 Å². The van der Waals surface area contributed by atoms with Gasteiger partial charge in [0.25, 0.3) is 0 Å². The predicted molar refractivity (Wildman–Crippen MR) is 133 cm³/mol. The van der Waals surface area contributed by atoms with Gasteiger partial charge in [-0.05, 0) is 50.1 Å². The Balaban J connectivity index is 1.49. The third-order valence-corrected chi connectivity index (χ3v) is 7.81. The van der Waals surface area contributed by atoms with E-state index in [1.165, 1.54) is 0 Å². The van der Waals surface area contributed by atoms with Crippen LogP contribution in [0.3, 0.4) is 0 Å². The zero-order valence-corrected chi connectivity index (χ0v) is 21.0. The number of rotatable bonds is 6. The van der Waals surface area contributed by atoms with Crippen molar-refractivity contribution in [3.8, 4) is 5.75 Å². The summed E-state index contributed by atoms with van der Waals surface area (Å²) < 4.78 is 11.2. The smallest absolute Gasteiger partial charge is 0.335 e. The van der Waals surface area contributed by atoms with Crippen molar-refractivity contribution < 1.29 is 39.5 Å². The number of fused-ring (bicyclic) bond motifs is 2. The SMILES string of the molecule is CCN(CC)C(=O)[C@@H]1C=C2c3ccc(O[C@@H]4O[C@H](C(=O)O)[C@@H](O)[C@H](O)[C@H]4O)c4[nH]cc(c34)C[C@H]2N(C)C1.